The molecule has 1 aromatic heterocycles. The summed E-state index contributed by atoms with van der Waals surface area (Å²) in [6, 6.07) is 17.4. The molecule has 202 valence electrons. The van der Waals surface area contributed by atoms with Crippen LogP contribution in [-0.4, -0.2) is 30.4 Å². The van der Waals surface area contributed by atoms with Gasteiger partial charge in [-0.15, -0.1) is 0 Å². The van der Waals surface area contributed by atoms with Gasteiger partial charge in [0.25, 0.3) is 0 Å². The highest BCUT2D eigenvalue weighted by Crippen LogP contribution is 2.38. The zero-order valence-corrected chi connectivity index (χ0v) is 22.8. The molecule has 2 N–H and O–H groups in total. The fourth-order valence-electron chi connectivity index (χ4n) is 4.66. The molecule has 0 unspecified atom stereocenters. The van der Waals surface area contributed by atoms with Crippen LogP contribution >= 0.6 is 23.2 Å². The first-order valence-corrected chi connectivity index (χ1v) is 14.5. The van der Waals surface area contributed by atoms with Crippen LogP contribution in [0.15, 0.2) is 77.8 Å². The summed E-state index contributed by atoms with van der Waals surface area (Å²) in [6.45, 7) is 0. The minimum absolute atomic E-state index is 0.0747. The first kappa shape index (κ1) is 27.1. The van der Waals surface area contributed by atoms with Crippen LogP contribution < -0.4 is 14.8 Å². The standard InChI is InChI=1S/C27H24Cl2N4O5S/c28-17-4-13-22-24(14-15-30-25(22)16-17)31-18-5-7-19(8-6-18)32-39(36,37)21-11-9-20(10-12-21)38-27-23(29)2-1-3-26(27)33(34)35/h1-4,9-16,18-19,32H,5-8H2,(H,30,31). The summed E-state index contributed by atoms with van der Waals surface area (Å²) in [4.78, 5) is 15.1. The Kier molecular flexibility index (Phi) is 7.90. The van der Waals surface area contributed by atoms with Gasteiger partial charge in [-0.05, 0) is 80.3 Å². The molecule has 0 spiro atoms. The van der Waals surface area contributed by atoms with Crippen LogP contribution in [-0.2, 0) is 10.0 Å². The second kappa shape index (κ2) is 11.4. The molecule has 12 heteroatoms. The molecule has 0 bridgehead atoms. The number of aromatic nitrogens is 1. The Hall–Kier alpha value is -3.44. The van der Waals surface area contributed by atoms with Crippen LogP contribution in [0.1, 0.15) is 25.7 Å². The van der Waals surface area contributed by atoms with E-state index in [-0.39, 0.29) is 39.2 Å². The maximum Gasteiger partial charge on any atom is 0.313 e. The Morgan fingerprint density at radius 3 is 2.38 bits per heavy atom. The Bertz CT molecular complexity index is 1630. The smallest absolute Gasteiger partial charge is 0.313 e. The molecule has 9 nitrogen and oxygen atoms in total. The Labute approximate surface area is 235 Å². The SMILES string of the molecule is O=[N+]([O-])c1cccc(Cl)c1Oc1ccc(S(=O)(=O)NC2CCC(Nc3ccnc4cc(Cl)ccc34)CC2)cc1. The molecule has 4 aromatic rings. The molecule has 0 saturated heterocycles. The number of nitro groups is 1. The number of sulfonamides is 1. The number of ether oxygens (including phenoxy) is 1. The molecule has 0 atom stereocenters. The number of fused-ring (bicyclic) bond motifs is 1. The monoisotopic (exact) mass is 586 g/mol. The molecule has 0 radical (unpaired) electrons. The lowest BCUT2D eigenvalue weighted by molar-refractivity contribution is -0.385. The third kappa shape index (κ3) is 6.25. The van der Waals surface area contributed by atoms with E-state index in [1.165, 1.54) is 42.5 Å². The van der Waals surface area contributed by atoms with Gasteiger partial charge in [0.2, 0.25) is 15.8 Å². The minimum atomic E-state index is -3.77. The Morgan fingerprint density at radius 2 is 1.67 bits per heavy atom. The second-order valence-electron chi connectivity index (χ2n) is 9.25. The maximum absolute atomic E-state index is 13.0. The van der Waals surface area contributed by atoms with Gasteiger partial charge in [0.15, 0.2) is 0 Å². The molecule has 39 heavy (non-hydrogen) atoms. The zero-order chi connectivity index (χ0) is 27.6. The molecule has 0 aliphatic heterocycles. The summed E-state index contributed by atoms with van der Waals surface area (Å²) < 4.78 is 34.4. The van der Waals surface area contributed by atoms with Crippen molar-refractivity contribution in [2.45, 2.75) is 42.7 Å². The molecule has 1 saturated carbocycles. The van der Waals surface area contributed by atoms with Crippen molar-refractivity contribution < 1.29 is 18.1 Å². The van der Waals surface area contributed by atoms with Gasteiger partial charge in [-0.2, -0.15) is 0 Å². The summed E-state index contributed by atoms with van der Waals surface area (Å²) >= 11 is 12.2. The number of hydrogen-bond acceptors (Lipinski definition) is 7. The van der Waals surface area contributed by atoms with Crippen molar-refractivity contribution in [2.24, 2.45) is 0 Å². The second-order valence-corrected chi connectivity index (χ2v) is 11.8. The van der Waals surface area contributed by atoms with Crippen molar-refractivity contribution in [2.75, 3.05) is 5.32 Å². The number of rotatable bonds is 8. The largest absolute Gasteiger partial charge is 0.449 e. The highest BCUT2D eigenvalue weighted by Gasteiger charge is 2.26. The number of pyridine rings is 1. The fourth-order valence-corrected chi connectivity index (χ4v) is 6.34. The van der Waals surface area contributed by atoms with Gasteiger partial charge in [0.1, 0.15) is 5.75 Å². The predicted octanol–water partition coefficient (Wildman–Crippen LogP) is 6.94. The average Bonchev–Trinajstić information content (AvgIpc) is 2.91. The molecule has 3 aromatic carbocycles. The van der Waals surface area contributed by atoms with E-state index in [0.717, 1.165) is 29.4 Å². The number of para-hydroxylation sites is 1. The quantitative estimate of drug-likeness (QED) is 0.169. The van der Waals surface area contributed by atoms with Crippen molar-refractivity contribution in [3.63, 3.8) is 0 Å². The first-order chi connectivity index (χ1) is 18.7. The number of nitrogens with zero attached hydrogens (tertiary/aromatic N) is 2. The third-order valence-electron chi connectivity index (χ3n) is 6.61. The zero-order valence-electron chi connectivity index (χ0n) is 20.5. The number of anilines is 1. The van der Waals surface area contributed by atoms with E-state index in [9.17, 15) is 18.5 Å². The minimum Gasteiger partial charge on any atom is -0.449 e. The summed E-state index contributed by atoms with van der Waals surface area (Å²) in [5.41, 5.74) is 1.51. The fraction of sp³-hybridized carbons (Fsp3) is 0.222. The average molecular weight is 587 g/mol. The van der Waals surface area contributed by atoms with Crippen LogP contribution in [0, 0.1) is 10.1 Å². The van der Waals surface area contributed by atoms with Gasteiger partial charge >= 0.3 is 5.69 Å². The van der Waals surface area contributed by atoms with E-state index in [1.54, 1.807) is 6.20 Å². The lowest BCUT2D eigenvalue weighted by atomic mass is 9.91. The summed E-state index contributed by atoms with van der Waals surface area (Å²) in [5, 5.41) is 16.6. The molecule has 1 aliphatic rings. The van der Waals surface area contributed by atoms with Gasteiger partial charge in [0.05, 0.1) is 20.4 Å². The Morgan fingerprint density at radius 1 is 0.949 bits per heavy atom. The number of nitro benzene ring substituents is 1. The van der Waals surface area contributed by atoms with Crippen LogP contribution in [0.25, 0.3) is 10.9 Å². The topological polar surface area (TPSA) is 123 Å². The van der Waals surface area contributed by atoms with E-state index in [0.29, 0.717) is 17.9 Å². The molecule has 0 amide bonds. The number of nitrogens with one attached hydrogen (secondary N) is 2. The lowest BCUT2D eigenvalue weighted by Gasteiger charge is -2.30. The predicted molar refractivity (Wildman–Crippen MR) is 151 cm³/mol. The maximum atomic E-state index is 13.0. The number of benzene rings is 3. The van der Waals surface area contributed by atoms with Gasteiger partial charge < -0.3 is 10.1 Å². The van der Waals surface area contributed by atoms with E-state index >= 15 is 0 Å². The van der Waals surface area contributed by atoms with E-state index < -0.39 is 14.9 Å². The Balaban J connectivity index is 1.19. The third-order valence-corrected chi connectivity index (χ3v) is 8.68. The molecule has 1 aliphatic carbocycles. The van der Waals surface area contributed by atoms with Crippen LogP contribution in [0.5, 0.6) is 11.5 Å². The molecule has 1 heterocycles. The van der Waals surface area contributed by atoms with Crippen molar-refractivity contribution >= 4 is 55.5 Å². The van der Waals surface area contributed by atoms with Crippen molar-refractivity contribution in [3.8, 4) is 11.5 Å². The van der Waals surface area contributed by atoms with Gasteiger partial charge in [-0.1, -0.05) is 29.3 Å². The molecular weight excluding hydrogens is 563 g/mol. The summed E-state index contributed by atoms with van der Waals surface area (Å²) in [6.07, 6.45) is 4.71. The van der Waals surface area contributed by atoms with E-state index in [4.69, 9.17) is 27.9 Å². The molecular formula is C27H24Cl2N4O5S. The van der Waals surface area contributed by atoms with Crippen LogP contribution in [0.3, 0.4) is 0 Å². The molecule has 5 rings (SSSR count). The van der Waals surface area contributed by atoms with E-state index in [2.05, 4.69) is 15.0 Å². The van der Waals surface area contributed by atoms with Gasteiger partial charge in [0, 0.05) is 40.4 Å². The van der Waals surface area contributed by atoms with Gasteiger partial charge in [-0.3, -0.25) is 15.1 Å². The van der Waals surface area contributed by atoms with Crippen molar-refractivity contribution in [1.82, 2.24) is 9.71 Å². The lowest BCUT2D eigenvalue weighted by Crippen LogP contribution is -2.40. The normalized spacial score (nSPS) is 17.6. The first-order valence-electron chi connectivity index (χ1n) is 12.2. The van der Waals surface area contributed by atoms with Crippen LogP contribution in [0.2, 0.25) is 10.0 Å². The number of hydrogen-bond donors (Lipinski definition) is 2. The summed E-state index contributed by atoms with van der Waals surface area (Å²) in [7, 11) is -3.77. The molecule has 1 fully saturated rings. The highest BCUT2D eigenvalue weighted by molar-refractivity contribution is 7.89. The van der Waals surface area contributed by atoms with Crippen molar-refractivity contribution in [3.05, 3.63) is 93.1 Å². The highest BCUT2D eigenvalue weighted by atomic mass is 35.5. The number of halogens is 2. The van der Waals surface area contributed by atoms with Crippen molar-refractivity contribution in [1.29, 1.82) is 0 Å². The van der Waals surface area contributed by atoms with Crippen LogP contribution in [0.4, 0.5) is 11.4 Å². The van der Waals surface area contributed by atoms with Gasteiger partial charge in [-0.25, -0.2) is 13.1 Å². The summed E-state index contributed by atoms with van der Waals surface area (Å²) in [5.74, 6) is 0.120. The van der Waals surface area contributed by atoms with E-state index in [1.807, 2.05) is 24.3 Å².